The molecule has 1 unspecified atom stereocenters. The molecule has 2 N–H and O–H groups in total. The van der Waals surface area contributed by atoms with Gasteiger partial charge in [-0.3, -0.25) is 4.79 Å². The van der Waals surface area contributed by atoms with Crippen LogP contribution in [0.2, 0.25) is 0 Å². The highest BCUT2D eigenvalue weighted by molar-refractivity contribution is 5.93. The average molecular weight is 180 g/mol. The first-order valence-corrected chi connectivity index (χ1v) is 4.73. The summed E-state index contributed by atoms with van der Waals surface area (Å²) in [4.78, 5) is 13.3. The number of nitrogens with zero attached hydrogens (tertiary/aromatic N) is 1. The van der Waals surface area contributed by atoms with Crippen LogP contribution in [0.3, 0.4) is 0 Å². The predicted octanol–water partition coefficient (Wildman–Crippen LogP) is 0.350. The zero-order valence-corrected chi connectivity index (χ0v) is 8.05. The van der Waals surface area contributed by atoms with Crippen LogP contribution in [0.25, 0.3) is 0 Å². The monoisotopic (exact) mass is 180 g/mol. The van der Waals surface area contributed by atoms with E-state index < -0.39 is 0 Å². The minimum absolute atomic E-state index is 0.0716. The number of hydrogen-bond donors (Lipinski definition) is 1. The van der Waals surface area contributed by atoms with Crippen molar-refractivity contribution in [1.82, 2.24) is 4.90 Å². The maximum absolute atomic E-state index is 11.5. The molecule has 3 heteroatoms. The summed E-state index contributed by atoms with van der Waals surface area (Å²) in [6.07, 6.45) is 3.27. The first kappa shape index (κ1) is 10.1. The fourth-order valence-electron chi connectivity index (χ4n) is 1.69. The van der Waals surface area contributed by atoms with Crippen LogP contribution < -0.4 is 5.73 Å². The van der Waals surface area contributed by atoms with E-state index in [9.17, 15) is 4.79 Å². The van der Waals surface area contributed by atoms with Gasteiger partial charge < -0.3 is 10.6 Å². The van der Waals surface area contributed by atoms with Crippen LogP contribution in [0.15, 0.2) is 0 Å². The van der Waals surface area contributed by atoms with Gasteiger partial charge in [0.2, 0.25) is 0 Å². The first-order chi connectivity index (χ1) is 6.29. The minimum atomic E-state index is -0.0716. The maximum atomic E-state index is 11.5. The fraction of sp³-hybridized carbons (Fsp3) is 0.700. The van der Waals surface area contributed by atoms with Crippen molar-refractivity contribution in [3.8, 4) is 11.8 Å². The van der Waals surface area contributed by atoms with E-state index in [2.05, 4.69) is 11.8 Å². The number of nitrogens with two attached hydrogens (primary N) is 1. The molecular weight excluding hydrogens is 164 g/mol. The SMILES string of the molecule is CC#CC(=O)N1CCCCC1CN. The van der Waals surface area contributed by atoms with Crippen LogP contribution in [0.1, 0.15) is 26.2 Å². The number of carbonyl (C=O) groups is 1. The predicted molar refractivity (Wildman–Crippen MR) is 51.9 cm³/mol. The lowest BCUT2D eigenvalue weighted by molar-refractivity contribution is -0.128. The highest BCUT2D eigenvalue weighted by Gasteiger charge is 2.23. The van der Waals surface area contributed by atoms with Gasteiger partial charge in [0, 0.05) is 19.1 Å². The van der Waals surface area contributed by atoms with Gasteiger partial charge in [0.15, 0.2) is 0 Å². The Bertz CT molecular complexity index is 239. The smallest absolute Gasteiger partial charge is 0.298 e. The molecule has 0 aromatic carbocycles. The lowest BCUT2D eigenvalue weighted by Crippen LogP contribution is -2.46. The van der Waals surface area contributed by atoms with E-state index in [0.29, 0.717) is 6.54 Å². The molecule has 1 heterocycles. The molecule has 72 valence electrons. The Kier molecular flexibility index (Phi) is 3.78. The van der Waals surface area contributed by atoms with E-state index in [4.69, 9.17) is 5.73 Å². The van der Waals surface area contributed by atoms with E-state index in [-0.39, 0.29) is 11.9 Å². The molecule has 1 aliphatic rings. The lowest BCUT2D eigenvalue weighted by atomic mass is 10.0. The molecule has 0 saturated carbocycles. The van der Waals surface area contributed by atoms with Gasteiger partial charge in [-0.2, -0.15) is 0 Å². The standard InChI is InChI=1S/C10H16N2O/c1-2-5-10(13)12-7-4-3-6-9(12)8-11/h9H,3-4,6-8,11H2,1H3. The van der Waals surface area contributed by atoms with Crippen molar-refractivity contribution in [3.63, 3.8) is 0 Å². The van der Waals surface area contributed by atoms with Crippen molar-refractivity contribution in [2.45, 2.75) is 32.2 Å². The molecule has 0 bridgehead atoms. The van der Waals surface area contributed by atoms with Crippen LogP contribution in [0, 0.1) is 11.8 Å². The van der Waals surface area contributed by atoms with Crippen molar-refractivity contribution in [3.05, 3.63) is 0 Å². The van der Waals surface area contributed by atoms with Crippen LogP contribution in [-0.4, -0.2) is 29.9 Å². The van der Waals surface area contributed by atoms with Crippen LogP contribution in [0.4, 0.5) is 0 Å². The summed E-state index contributed by atoms with van der Waals surface area (Å²) >= 11 is 0. The van der Waals surface area contributed by atoms with Gasteiger partial charge in [0.1, 0.15) is 0 Å². The van der Waals surface area contributed by atoms with Crippen molar-refractivity contribution in [2.75, 3.05) is 13.1 Å². The maximum Gasteiger partial charge on any atom is 0.298 e. The van der Waals surface area contributed by atoms with Gasteiger partial charge in [-0.05, 0) is 32.1 Å². The third kappa shape index (κ3) is 2.46. The van der Waals surface area contributed by atoms with Crippen molar-refractivity contribution in [1.29, 1.82) is 0 Å². The molecule has 1 fully saturated rings. The second-order valence-electron chi connectivity index (χ2n) is 3.26. The minimum Gasteiger partial charge on any atom is -0.328 e. The molecule has 0 aliphatic carbocycles. The van der Waals surface area contributed by atoms with Gasteiger partial charge in [-0.15, -0.1) is 0 Å². The number of hydrogen-bond acceptors (Lipinski definition) is 2. The van der Waals surface area contributed by atoms with Crippen LogP contribution in [0.5, 0.6) is 0 Å². The fourth-order valence-corrected chi connectivity index (χ4v) is 1.69. The summed E-state index contributed by atoms with van der Waals surface area (Å²) in [5.74, 6) is 5.12. The molecule has 13 heavy (non-hydrogen) atoms. The second kappa shape index (κ2) is 4.88. The Morgan fingerprint density at radius 3 is 3.00 bits per heavy atom. The van der Waals surface area contributed by atoms with E-state index in [1.807, 2.05) is 0 Å². The van der Waals surface area contributed by atoms with Crippen LogP contribution >= 0.6 is 0 Å². The normalized spacial score (nSPS) is 22.0. The largest absolute Gasteiger partial charge is 0.328 e. The summed E-state index contributed by atoms with van der Waals surface area (Å²) in [6, 6.07) is 0.210. The Balaban J connectivity index is 2.62. The van der Waals surface area contributed by atoms with E-state index >= 15 is 0 Å². The molecule has 1 saturated heterocycles. The van der Waals surface area contributed by atoms with Gasteiger partial charge in [0.25, 0.3) is 5.91 Å². The Hall–Kier alpha value is -1.01. The molecule has 1 rings (SSSR count). The lowest BCUT2D eigenvalue weighted by Gasteiger charge is -2.33. The molecule has 0 spiro atoms. The summed E-state index contributed by atoms with van der Waals surface area (Å²) in [6.45, 7) is 3.05. The Labute approximate surface area is 79.3 Å². The van der Waals surface area contributed by atoms with Crippen LogP contribution in [-0.2, 0) is 4.79 Å². The summed E-state index contributed by atoms with van der Waals surface area (Å²) in [7, 11) is 0. The summed E-state index contributed by atoms with van der Waals surface area (Å²) in [5.41, 5.74) is 5.59. The highest BCUT2D eigenvalue weighted by Crippen LogP contribution is 2.15. The molecule has 0 aromatic heterocycles. The van der Waals surface area contributed by atoms with Gasteiger partial charge in [0.05, 0.1) is 0 Å². The highest BCUT2D eigenvalue weighted by atomic mass is 16.2. The molecule has 1 aliphatic heterocycles. The number of piperidine rings is 1. The summed E-state index contributed by atoms with van der Waals surface area (Å²) in [5, 5.41) is 0. The quantitative estimate of drug-likeness (QED) is 0.592. The zero-order valence-electron chi connectivity index (χ0n) is 8.05. The van der Waals surface area contributed by atoms with Crippen molar-refractivity contribution < 1.29 is 4.79 Å². The molecule has 0 radical (unpaired) electrons. The van der Waals surface area contributed by atoms with E-state index in [1.54, 1.807) is 11.8 Å². The summed E-state index contributed by atoms with van der Waals surface area (Å²) < 4.78 is 0. The van der Waals surface area contributed by atoms with Gasteiger partial charge in [-0.25, -0.2) is 0 Å². The average Bonchev–Trinajstić information content (AvgIpc) is 2.18. The molecule has 3 nitrogen and oxygen atoms in total. The number of likely N-dealkylation sites (tertiary alicyclic amines) is 1. The Morgan fingerprint density at radius 2 is 2.38 bits per heavy atom. The van der Waals surface area contributed by atoms with Gasteiger partial charge >= 0.3 is 0 Å². The molecule has 0 aromatic rings. The third-order valence-electron chi connectivity index (χ3n) is 2.39. The molecule has 1 atom stereocenters. The number of amides is 1. The number of rotatable bonds is 1. The van der Waals surface area contributed by atoms with Gasteiger partial charge in [-0.1, -0.05) is 5.92 Å². The second-order valence-corrected chi connectivity index (χ2v) is 3.26. The first-order valence-electron chi connectivity index (χ1n) is 4.73. The van der Waals surface area contributed by atoms with E-state index in [1.165, 1.54) is 6.42 Å². The van der Waals surface area contributed by atoms with Crippen molar-refractivity contribution in [2.24, 2.45) is 5.73 Å². The zero-order chi connectivity index (χ0) is 9.68. The molecular formula is C10H16N2O. The van der Waals surface area contributed by atoms with E-state index in [0.717, 1.165) is 19.4 Å². The Morgan fingerprint density at radius 1 is 1.62 bits per heavy atom. The third-order valence-corrected chi connectivity index (χ3v) is 2.39. The number of carbonyl (C=O) groups excluding carboxylic acids is 1. The van der Waals surface area contributed by atoms with Crippen molar-refractivity contribution >= 4 is 5.91 Å². The topological polar surface area (TPSA) is 46.3 Å². The molecule has 1 amide bonds.